The van der Waals surface area contributed by atoms with Crippen molar-refractivity contribution in [2.45, 2.75) is 57.3 Å². The van der Waals surface area contributed by atoms with Gasteiger partial charge >= 0.3 is 5.97 Å². The highest BCUT2D eigenvalue weighted by atomic mass is 19.1. The molecule has 5 heteroatoms. The molecule has 148 valence electrons. The molecule has 2 bridgehead atoms. The Bertz CT molecular complexity index is 853. The summed E-state index contributed by atoms with van der Waals surface area (Å²) in [7, 11) is 0. The van der Waals surface area contributed by atoms with Crippen LogP contribution in [0.15, 0.2) is 48.5 Å². The number of esters is 1. The summed E-state index contributed by atoms with van der Waals surface area (Å²) in [5.41, 5.74) is -0.300. The number of hydrogen-bond acceptors (Lipinski definition) is 4. The van der Waals surface area contributed by atoms with E-state index >= 15 is 0 Å². The van der Waals surface area contributed by atoms with Crippen molar-refractivity contribution in [1.82, 2.24) is 0 Å². The molecule has 2 heterocycles. The maximum Gasteiger partial charge on any atom is 0.343 e. The third-order valence-electron chi connectivity index (χ3n) is 6.06. The van der Waals surface area contributed by atoms with Crippen molar-refractivity contribution in [3.63, 3.8) is 0 Å². The molecule has 4 rings (SSSR count). The van der Waals surface area contributed by atoms with Crippen LogP contribution in [-0.4, -0.2) is 23.8 Å². The van der Waals surface area contributed by atoms with Gasteiger partial charge in [0.25, 0.3) is 0 Å². The fourth-order valence-corrected chi connectivity index (χ4v) is 4.30. The Kier molecular flexibility index (Phi) is 5.11. The largest absolute Gasteiger partial charge is 0.484 e. The van der Waals surface area contributed by atoms with Gasteiger partial charge in [0, 0.05) is 5.92 Å². The normalized spacial score (nSPS) is 25.3. The second-order valence-electron chi connectivity index (χ2n) is 7.83. The molecule has 2 fully saturated rings. The van der Waals surface area contributed by atoms with Crippen molar-refractivity contribution < 1.29 is 23.4 Å². The molecular formula is C23H25FO4. The second-order valence-corrected chi connectivity index (χ2v) is 7.83. The van der Waals surface area contributed by atoms with Gasteiger partial charge in [-0.25, -0.2) is 9.18 Å². The summed E-state index contributed by atoms with van der Waals surface area (Å²) in [5, 5.41) is 0. The number of halogens is 1. The van der Waals surface area contributed by atoms with Gasteiger partial charge in [-0.2, -0.15) is 0 Å². The SMILES string of the molecule is CCC(C)(Oc1cc(C(=O)Oc2ccccc2)ccc1F)C1CC2CCC1O2. The van der Waals surface area contributed by atoms with E-state index in [1.165, 1.54) is 18.2 Å². The van der Waals surface area contributed by atoms with Gasteiger partial charge in [0.05, 0.1) is 17.8 Å². The van der Waals surface area contributed by atoms with Crippen molar-refractivity contribution in [2.75, 3.05) is 0 Å². The summed E-state index contributed by atoms with van der Waals surface area (Å²) in [6.45, 7) is 4.05. The van der Waals surface area contributed by atoms with E-state index < -0.39 is 17.4 Å². The fourth-order valence-electron chi connectivity index (χ4n) is 4.30. The molecule has 2 saturated heterocycles. The van der Waals surface area contributed by atoms with Crippen LogP contribution in [0.5, 0.6) is 11.5 Å². The van der Waals surface area contributed by atoms with E-state index in [9.17, 15) is 9.18 Å². The van der Waals surface area contributed by atoms with Gasteiger partial charge < -0.3 is 14.2 Å². The number of fused-ring (bicyclic) bond motifs is 2. The summed E-state index contributed by atoms with van der Waals surface area (Å²) in [6.07, 6.45) is 4.25. The maximum absolute atomic E-state index is 14.5. The van der Waals surface area contributed by atoms with E-state index in [0.717, 1.165) is 25.7 Å². The third-order valence-corrected chi connectivity index (χ3v) is 6.06. The zero-order valence-electron chi connectivity index (χ0n) is 16.2. The van der Waals surface area contributed by atoms with Crippen LogP contribution in [0.1, 0.15) is 49.9 Å². The van der Waals surface area contributed by atoms with E-state index in [-0.39, 0.29) is 23.3 Å². The Morgan fingerprint density at radius 1 is 1.21 bits per heavy atom. The van der Waals surface area contributed by atoms with Crippen molar-refractivity contribution in [3.05, 3.63) is 59.9 Å². The first-order chi connectivity index (χ1) is 13.5. The lowest BCUT2D eigenvalue weighted by molar-refractivity contribution is -0.0163. The lowest BCUT2D eigenvalue weighted by atomic mass is 9.76. The monoisotopic (exact) mass is 384 g/mol. The summed E-state index contributed by atoms with van der Waals surface area (Å²) in [5.74, 6) is -0.292. The van der Waals surface area contributed by atoms with Crippen LogP contribution in [0.25, 0.3) is 0 Å². The molecule has 4 unspecified atom stereocenters. The molecule has 4 nitrogen and oxygen atoms in total. The quantitative estimate of drug-likeness (QED) is 0.510. The Hall–Kier alpha value is -2.40. The van der Waals surface area contributed by atoms with E-state index in [4.69, 9.17) is 14.2 Å². The van der Waals surface area contributed by atoms with Crippen LogP contribution in [0.3, 0.4) is 0 Å². The van der Waals surface area contributed by atoms with Gasteiger partial charge in [0.2, 0.25) is 0 Å². The second kappa shape index (κ2) is 7.55. The first kappa shape index (κ1) is 18.9. The average molecular weight is 384 g/mol. The van der Waals surface area contributed by atoms with Crippen LogP contribution in [0, 0.1) is 11.7 Å². The molecule has 0 saturated carbocycles. The molecule has 0 radical (unpaired) electrons. The minimum Gasteiger partial charge on any atom is -0.484 e. The zero-order chi connectivity index (χ0) is 19.7. The van der Waals surface area contributed by atoms with Crippen molar-refractivity contribution in [1.29, 1.82) is 0 Å². The molecular weight excluding hydrogens is 359 g/mol. The first-order valence-corrected chi connectivity index (χ1v) is 9.90. The molecule has 4 atom stereocenters. The predicted octanol–water partition coefficient (Wildman–Crippen LogP) is 5.16. The third kappa shape index (κ3) is 3.63. The number of benzene rings is 2. The highest BCUT2D eigenvalue weighted by Crippen LogP contribution is 2.46. The minimum absolute atomic E-state index is 0.0784. The number of para-hydroxylation sites is 1. The summed E-state index contributed by atoms with van der Waals surface area (Å²) >= 11 is 0. The van der Waals surface area contributed by atoms with Gasteiger partial charge in [-0.3, -0.25) is 0 Å². The Morgan fingerprint density at radius 3 is 2.64 bits per heavy atom. The zero-order valence-corrected chi connectivity index (χ0v) is 16.2. The molecule has 2 aromatic carbocycles. The van der Waals surface area contributed by atoms with Gasteiger partial charge in [-0.15, -0.1) is 0 Å². The molecule has 0 aliphatic carbocycles. The molecule has 0 aromatic heterocycles. The van der Waals surface area contributed by atoms with Crippen molar-refractivity contribution in [2.24, 2.45) is 5.92 Å². The van der Waals surface area contributed by atoms with Gasteiger partial charge in [-0.1, -0.05) is 25.1 Å². The Labute approximate surface area is 164 Å². The number of hydrogen-bond donors (Lipinski definition) is 0. The first-order valence-electron chi connectivity index (χ1n) is 9.90. The standard InChI is InChI=1S/C23H25FO4/c1-3-23(2,18-14-17-10-12-20(18)26-17)28-21-13-15(9-11-19(21)24)22(25)27-16-7-5-4-6-8-16/h4-9,11,13,17-18,20H,3,10,12,14H2,1-2H3. The highest BCUT2D eigenvalue weighted by molar-refractivity contribution is 5.91. The van der Waals surface area contributed by atoms with Crippen LogP contribution in [0.2, 0.25) is 0 Å². The minimum atomic E-state index is -0.553. The summed E-state index contributed by atoms with van der Waals surface area (Å²) < 4.78 is 32.0. The van der Waals surface area contributed by atoms with E-state index in [1.54, 1.807) is 24.3 Å². The van der Waals surface area contributed by atoms with E-state index in [2.05, 4.69) is 0 Å². The van der Waals surface area contributed by atoms with Crippen LogP contribution < -0.4 is 9.47 Å². The lowest BCUT2D eigenvalue weighted by Crippen LogP contribution is -2.45. The number of ether oxygens (including phenoxy) is 3. The number of carbonyl (C=O) groups excluding carboxylic acids is 1. The Morgan fingerprint density at radius 2 is 2.00 bits per heavy atom. The average Bonchev–Trinajstić information content (AvgIpc) is 3.34. The molecule has 2 aromatic rings. The number of rotatable bonds is 6. The number of carbonyl (C=O) groups is 1. The molecule has 0 N–H and O–H groups in total. The fraction of sp³-hybridized carbons (Fsp3) is 0.435. The van der Waals surface area contributed by atoms with E-state index in [0.29, 0.717) is 11.9 Å². The molecule has 0 spiro atoms. The van der Waals surface area contributed by atoms with Crippen LogP contribution in [-0.2, 0) is 4.74 Å². The summed E-state index contributed by atoms with van der Waals surface area (Å²) in [4.78, 5) is 12.5. The van der Waals surface area contributed by atoms with Gasteiger partial charge in [0.15, 0.2) is 11.6 Å². The molecule has 2 aliphatic heterocycles. The summed E-state index contributed by atoms with van der Waals surface area (Å²) in [6, 6.07) is 12.9. The van der Waals surface area contributed by atoms with Crippen molar-refractivity contribution >= 4 is 5.97 Å². The lowest BCUT2D eigenvalue weighted by Gasteiger charge is -2.38. The van der Waals surface area contributed by atoms with Gasteiger partial charge in [-0.05, 0) is 62.9 Å². The maximum atomic E-state index is 14.5. The van der Waals surface area contributed by atoms with Crippen molar-refractivity contribution in [3.8, 4) is 11.5 Å². The molecule has 0 amide bonds. The van der Waals surface area contributed by atoms with Gasteiger partial charge in [0.1, 0.15) is 11.4 Å². The highest BCUT2D eigenvalue weighted by Gasteiger charge is 2.50. The topological polar surface area (TPSA) is 44.8 Å². The molecule has 2 aliphatic rings. The Balaban J connectivity index is 1.54. The molecule has 28 heavy (non-hydrogen) atoms. The van der Waals surface area contributed by atoms with Crippen LogP contribution >= 0.6 is 0 Å². The van der Waals surface area contributed by atoms with Crippen LogP contribution in [0.4, 0.5) is 4.39 Å². The predicted molar refractivity (Wildman–Crippen MR) is 103 cm³/mol. The van der Waals surface area contributed by atoms with E-state index in [1.807, 2.05) is 19.9 Å². The smallest absolute Gasteiger partial charge is 0.343 e.